The summed E-state index contributed by atoms with van der Waals surface area (Å²) in [5.41, 5.74) is 2.23. The van der Waals surface area contributed by atoms with Crippen LogP contribution in [0, 0.1) is 0 Å². The molecular weight excluding hydrogens is 466 g/mol. The van der Waals surface area contributed by atoms with Crippen LogP contribution in [-0.2, 0) is 14.8 Å². The van der Waals surface area contributed by atoms with Gasteiger partial charge in [-0.1, -0.05) is 37.3 Å². The predicted octanol–water partition coefficient (Wildman–Crippen LogP) is 2.81. The molecule has 0 bridgehead atoms. The molecule has 1 aliphatic rings. The lowest BCUT2D eigenvalue weighted by atomic mass is 10.1. The number of aromatic nitrogens is 2. The molecule has 2 heterocycles. The smallest absolute Gasteiger partial charge is 0.251 e. The van der Waals surface area contributed by atoms with Gasteiger partial charge in [-0.05, 0) is 36.2 Å². The van der Waals surface area contributed by atoms with Gasteiger partial charge in [-0.3, -0.25) is 9.59 Å². The zero-order chi connectivity index (χ0) is 25.0. The number of H-pyrrole nitrogens is 1. The number of carbonyl (C=O) groups excluding carboxylic acids is 2. The summed E-state index contributed by atoms with van der Waals surface area (Å²) in [5.74, 6) is 0.283. The maximum atomic E-state index is 13.0. The lowest BCUT2D eigenvalue weighted by molar-refractivity contribution is -0.129. The van der Waals surface area contributed by atoms with Crippen LogP contribution in [0.25, 0.3) is 11.3 Å². The summed E-state index contributed by atoms with van der Waals surface area (Å²) in [6.45, 7) is 4.66. The normalized spacial score (nSPS) is 15.5. The van der Waals surface area contributed by atoms with Crippen molar-refractivity contribution in [2.24, 2.45) is 0 Å². The Morgan fingerprint density at radius 1 is 1.03 bits per heavy atom. The first-order valence-electron chi connectivity index (χ1n) is 11.6. The van der Waals surface area contributed by atoms with Crippen LogP contribution in [0.1, 0.15) is 42.5 Å². The summed E-state index contributed by atoms with van der Waals surface area (Å²) in [6.07, 6.45) is 2.38. The Morgan fingerprint density at radius 2 is 1.69 bits per heavy atom. The molecule has 2 N–H and O–H groups in total. The number of benzene rings is 2. The van der Waals surface area contributed by atoms with E-state index in [9.17, 15) is 18.0 Å². The fourth-order valence-electron chi connectivity index (χ4n) is 4.05. The summed E-state index contributed by atoms with van der Waals surface area (Å²) >= 11 is 0. The molecule has 2 amide bonds. The zero-order valence-corrected chi connectivity index (χ0v) is 20.6. The second-order valence-electron chi connectivity index (χ2n) is 8.42. The zero-order valence-electron chi connectivity index (χ0n) is 19.8. The van der Waals surface area contributed by atoms with E-state index in [1.54, 1.807) is 11.1 Å². The third-order valence-corrected chi connectivity index (χ3v) is 8.08. The quantitative estimate of drug-likeness (QED) is 0.523. The van der Waals surface area contributed by atoms with Crippen molar-refractivity contribution in [2.45, 2.75) is 31.2 Å². The number of imidazole rings is 1. The van der Waals surface area contributed by atoms with Gasteiger partial charge in [0.1, 0.15) is 5.82 Å². The van der Waals surface area contributed by atoms with Crippen molar-refractivity contribution in [1.82, 2.24) is 24.5 Å². The molecule has 1 atom stereocenters. The Hall–Kier alpha value is -3.50. The minimum Gasteiger partial charge on any atom is -0.342 e. The highest BCUT2D eigenvalue weighted by Crippen LogP contribution is 2.22. The minimum atomic E-state index is -3.70. The molecule has 35 heavy (non-hydrogen) atoms. The van der Waals surface area contributed by atoms with E-state index in [0.29, 0.717) is 30.9 Å². The van der Waals surface area contributed by atoms with Crippen molar-refractivity contribution in [3.63, 3.8) is 0 Å². The number of carbonyl (C=O) groups is 2. The van der Waals surface area contributed by atoms with Crippen LogP contribution >= 0.6 is 0 Å². The first-order chi connectivity index (χ1) is 16.8. The van der Waals surface area contributed by atoms with Crippen molar-refractivity contribution in [1.29, 1.82) is 0 Å². The maximum absolute atomic E-state index is 13.0. The van der Waals surface area contributed by atoms with Gasteiger partial charge in [0.2, 0.25) is 15.9 Å². The third kappa shape index (κ3) is 5.44. The molecule has 0 spiro atoms. The van der Waals surface area contributed by atoms with Gasteiger partial charge in [0.25, 0.3) is 5.91 Å². The lowest BCUT2D eigenvalue weighted by Gasteiger charge is -2.33. The SMILES string of the molecule is CCC(NC(=O)c1ccc(S(=O)(=O)N2CCN(C(C)=O)CC2)cc1)c1ncc(-c2ccccc2)[nH]1. The highest BCUT2D eigenvalue weighted by atomic mass is 32.2. The molecule has 1 aromatic heterocycles. The van der Waals surface area contributed by atoms with Crippen molar-refractivity contribution >= 4 is 21.8 Å². The van der Waals surface area contributed by atoms with Gasteiger partial charge in [-0.25, -0.2) is 13.4 Å². The van der Waals surface area contributed by atoms with Gasteiger partial charge in [0.15, 0.2) is 0 Å². The molecule has 1 saturated heterocycles. The lowest BCUT2D eigenvalue weighted by Crippen LogP contribution is -2.49. The molecule has 0 saturated carbocycles. The Balaban J connectivity index is 1.42. The molecule has 1 aliphatic heterocycles. The summed E-state index contributed by atoms with van der Waals surface area (Å²) in [6, 6.07) is 15.4. The summed E-state index contributed by atoms with van der Waals surface area (Å²) < 4.78 is 27.3. The number of amides is 2. The largest absolute Gasteiger partial charge is 0.342 e. The monoisotopic (exact) mass is 495 g/mol. The molecule has 184 valence electrons. The van der Waals surface area contributed by atoms with Crippen LogP contribution in [0.15, 0.2) is 65.7 Å². The van der Waals surface area contributed by atoms with E-state index in [2.05, 4.69) is 15.3 Å². The summed E-state index contributed by atoms with van der Waals surface area (Å²) in [7, 11) is -3.70. The van der Waals surface area contributed by atoms with Gasteiger partial charge in [0.05, 0.1) is 22.8 Å². The van der Waals surface area contributed by atoms with Crippen molar-refractivity contribution in [3.8, 4) is 11.3 Å². The second-order valence-corrected chi connectivity index (χ2v) is 10.4. The summed E-state index contributed by atoms with van der Waals surface area (Å²) in [4.78, 5) is 33.8. The Labute approximate surface area is 205 Å². The molecule has 10 heteroatoms. The van der Waals surface area contributed by atoms with Crippen LogP contribution in [0.3, 0.4) is 0 Å². The first-order valence-corrected chi connectivity index (χ1v) is 13.0. The number of nitrogens with zero attached hydrogens (tertiary/aromatic N) is 3. The molecule has 2 aromatic carbocycles. The van der Waals surface area contributed by atoms with Crippen LogP contribution in [0.5, 0.6) is 0 Å². The van der Waals surface area contributed by atoms with Crippen LogP contribution in [0.2, 0.25) is 0 Å². The highest BCUT2D eigenvalue weighted by molar-refractivity contribution is 7.89. The molecule has 1 fully saturated rings. The van der Waals surface area contributed by atoms with Crippen LogP contribution in [0.4, 0.5) is 0 Å². The standard InChI is InChI=1S/C25H29N5O4S/c1-3-22(24-26-17-23(27-24)19-7-5-4-6-8-19)28-25(32)20-9-11-21(12-10-20)35(33,34)30-15-13-29(14-16-30)18(2)31/h4-12,17,22H,3,13-16H2,1-2H3,(H,26,27)(H,28,32). The minimum absolute atomic E-state index is 0.0614. The number of hydrogen-bond donors (Lipinski definition) is 2. The van der Waals surface area contributed by atoms with Crippen molar-refractivity contribution < 1.29 is 18.0 Å². The Bertz CT molecular complexity index is 1280. The number of sulfonamides is 1. The fourth-order valence-corrected chi connectivity index (χ4v) is 5.48. The van der Waals surface area contributed by atoms with E-state index >= 15 is 0 Å². The van der Waals surface area contributed by atoms with Gasteiger partial charge in [0, 0.05) is 38.7 Å². The molecule has 0 aliphatic carbocycles. The van der Waals surface area contributed by atoms with E-state index in [4.69, 9.17) is 0 Å². The van der Waals surface area contributed by atoms with E-state index in [0.717, 1.165) is 11.3 Å². The molecule has 1 unspecified atom stereocenters. The number of hydrogen-bond acceptors (Lipinski definition) is 5. The summed E-state index contributed by atoms with van der Waals surface area (Å²) in [5, 5.41) is 2.97. The molecule has 4 rings (SSSR count). The molecule has 0 radical (unpaired) electrons. The van der Waals surface area contributed by atoms with Crippen LogP contribution in [-0.4, -0.2) is 65.6 Å². The second kappa shape index (κ2) is 10.4. The van der Waals surface area contributed by atoms with Crippen LogP contribution < -0.4 is 5.32 Å². The van der Waals surface area contributed by atoms with Gasteiger partial charge >= 0.3 is 0 Å². The van der Waals surface area contributed by atoms with Gasteiger partial charge < -0.3 is 15.2 Å². The Kier molecular flexibility index (Phi) is 7.32. The fraction of sp³-hybridized carbons (Fsp3) is 0.320. The highest BCUT2D eigenvalue weighted by Gasteiger charge is 2.29. The Morgan fingerprint density at radius 3 is 2.29 bits per heavy atom. The topological polar surface area (TPSA) is 115 Å². The molecular formula is C25H29N5O4S. The molecule has 9 nitrogen and oxygen atoms in total. The van der Waals surface area contributed by atoms with Crippen molar-refractivity contribution in [2.75, 3.05) is 26.2 Å². The van der Waals surface area contributed by atoms with Gasteiger partial charge in [-0.15, -0.1) is 0 Å². The molecule has 3 aromatic rings. The number of aromatic amines is 1. The average molecular weight is 496 g/mol. The number of nitrogens with one attached hydrogen (secondary N) is 2. The van der Waals surface area contributed by atoms with E-state index in [-0.39, 0.29) is 35.8 Å². The maximum Gasteiger partial charge on any atom is 0.251 e. The average Bonchev–Trinajstić information content (AvgIpc) is 3.38. The predicted molar refractivity (Wildman–Crippen MR) is 132 cm³/mol. The van der Waals surface area contributed by atoms with E-state index in [1.807, 2.05) is 37.3 Å². The van der Waals surface area contributed by atoms with E-state index < -0.39 is 10.0 Å². The van der Waals surface area contributed by atoms with Crippen molar-refractivity contribution in [3.05, 3.63) is 72.2 Å². The van der Waals surface area contributed by atoms with E-state index in [1.165, 1.54) is 35.5 Å². The van der Waals surface area contributed by atoms with Gasteiger partial charge in [-0.2, -0.15) is 4.31 Å². The number of piperazine rings is 1. The third-order valence-electron chi connectivity index (χ3n) is 6.16. The number of rotatable bonds is 7. The first kappa shape index (κ1) is 24.6.